The smallest absolute Gasteiger partial charge is 0.332 e. The molecule has 0 aliphatic carbocycles. The minimum absolute atomic E-state index is 0.0868. The van der Waals surface area contributed by atoms with E-state index in [4.69, 9.17) is 67.1 Å². The zero-order chi connectivity index (χ0) is 34.4. The first-order valence-electron chi connectivity index (χ1n) is 16.1. The lowest BCUT2D eigenvalue weighted by molar-refractivity contribution is -0.160. The molecule has 0 unspecified atom stereocenters. The molecular formula is C30H59N3O14. The van der Waals surface area contributed by atoms with Gasteiger partial charge in [0.25, 0.3) is 0 Å². The number of esters is 1. The summed E-state index contributed by atoms with van der Waals surface area (Å²) in [6.45, 7) is 16.3. The number of nitrogens with zero attached hydrogens (tertiary/aromatic N) is 3. The van der Waals surface area contributed by atoms with Gasteiger partial charge in [-0.2, -0.15) is 0 Å². The molecule has 17 heteroatoms. The van der Waals surface area contributed by atoms with E-state index in [1.807, 2.05) is 20.8 Å². The number of hydrogen-bond donors (Lipinski definition) is 0. The molecule has 0 rings (SSSR count). The van der Waals surface area contributed by atoms with E-state index in [0.717, 1.165) is 0 Å². The number of carbonyl (C=O) groups is 1. The van der Waals surface area contributed by atoms with Gasteiger partial charge in [0.2, 0.25) is 0 Å². The number of azide groups is 1. The number of hydrogen-bond acceptors (Lipinski definition) is 15. The standard InChI is InChI=1S/C30H59N3O14/c1-30(2,3)47-29(34)28-46-27-26-45-25-24-44-23-22-43-21-20-42-19-18-41-17-16-40-15-14-39-13-12-38-11-10-37-9-8-36-7-6-35-5-4-32-33-31/h4-28H2,1-3H3. The number of carbonyl (C=O) groups excluding carboxylic acids is 1. The second-order valence-electron chi connectivity index (χ2n) is 10.3. The highest BCUT2D eigenvalue weighted by Crippen LogP contribution is 2.06. The zero-order valence-corrected chi connectivity index (χ0v) is 28.7. The molecule has 0 N–H and O–H groups in total. The SMILES string of the molecule is CC(C)(C)OC(=O)COCCOCCOCCOCCOCCOCCOCCOCCOCCOCCOCCOCCN=[N+]=[N-]. The molecule has 0 atom stereocenters. The first kappa shape index (κ1) is 45.3. The van der Waals surface area contributed by atoms with Crippen molar-refractivity contribution in [1.29, 1.82) is 0 Å². The molecule has 0 amide bonds. The van der Waals surface area contributed by atoms with Crippen LogP contribution in [0.5, 0.6) is 0 Å². The molecule has 0 aromatic heterocycles. The van der Waals surface area contributed by atoms with Gasteiger partial charge in [-0.05, 0) is 26.3 Å². The van der Waals surface area contributed by atoms with Crippen molar-refractivity contribution in [2.45, 2.75) is 26.4 Å². The van der Waals surface area contributed by atoms with Crippen LogP contribution in [0.3, 0.4) is 0 Å². The Bertz CT molecular complexity index is 712. The van der Waals surface area contributed by atoms with Crippen LogP contribution in [0.1, 0.15) is 20.8 Å². The van der Waals surface area contributed by atoms with Crippen LogP contribution in [0, 0.1) is 0 Å². The molecule has 0 spiro atoms. The van der Waals surface area contributed by atoms with Crippen LogP contribution >= 0.6 is 0 Å². The molecule has 0 aliphatic heterocycles. The van der Waals surface area contributed by atoms with Gasteiger partial charge in [0.05, 0.1) is 152 Å². The Balaban J connectivity index is 3.10. The largest absolute Gasteiger partial charge is 0.458 e. The van der Waals surface area contributed by atoms with Crippen LogP contribution in [-0.2, 0) is 66.4 Å². The van der Waals surface area contributed by atoms with E-state index < -0.39 is 11.6 Å². The predicted octanol–water partition coefficient (Wildman–Crippen LogP) is 1.84. The summed E-state index contributed by atoms with van der Waals surface area (Å²) in [4.78, 5) is 14.1. The Morgan fingerprint density at radius 1 is 0.447 bits per heavy atom. The van der Waals surface area contributed by atoms with Crippen molar-refractivity contribution in [2.24, 2.45) is 5.11 Å². The predicted molar refractivity (Wildman–Crippen MR) is 170 cm³/mol. The van der Waals surface area contributed by atoms with Gasteiger partial charge in [0.1, 0.15) is 12.2 Å². The van der Waals surface area contributed by atoms with Gasteiger partial charge in [0, 0.05) is 11.5 Å². The van der Waals surface area contributed by atoms with E-state index in [-0.39, 0.29) is 6.61 Å². The molecule has 0 saturated carbocycles. The van der Waals surface area contributed by atoms with Crippen LogP contribution in [0.25, 0.3) is 10.4 Å². The second-order valence-corrected chi connectivity index (χ2v) is 10.3. The molecule has 0 radical (unpaired) electrons. The number of rotatable bonds is 38. The Kier molecular flexibility index (Phi) is 35.8. The summed E-state index contributed by atoms with van der Waals surface area (Å²) < 4.78 is 69.9. The van der Waals surface area contributed by atoms with Gasteiger partial charge in [-0.25, -0.2) is 4.79 Å². The van der Waals surface area contributed by atoms with E-state index in [9.17, 15) is 4.79 Å². The number of ether oxygens (including phenoxy) is 13. The van der Waals surface area contributed by atoms with E-state index in [2.05, 4.69) is 10.0 Å². The molecule has 0 aromatic carbocycles. The lowest BCUT2D eigenvalue weighted by Gasteiger charge is -2.19. The van der Waals surface area contributed by atoms with Crippen LogP contribution in [0.15, 0.2) is 5.11 Å². The second kappa shape index (κ2) is 37.1. The molecule has 0 saturated heterocycles. The first-order valence-corrected chi connectivity index (χ1v) is 16.1. The van der Waals surface area contributed by atoms with Crippen molar-refractivity contribution in [3.63, 3.8) is 0 Å². The van der Waals surface area contributed by atoms with Crippen LogP contribution in [0.2, 0.25) is 0 Å². The first-order chi connectivity index (χ1) is 23.0. The molecule has 278 valence electrons. The summed E-state index contributed by atoms with van der Waals surface area (Å²) in [7, 11) is 0. The summed E-state index contributed by atoms with van der Waals surface area (Å²) in [5, 5.41) is 3.37. The van der Waals surface area contributed by atoms with E-state index >= 15 is 0 Å². The van der Waals surface area contributed by atoms with Crippen LogP contribution < -0.4 is 0 Å². The van der Waals surface area contributed by atoms with Crippen LogP contribution in [0.4, 0.5) is 0 Å². The summed E-state index contributed by atoms with van der Waals surface area (Å²) >= 11 is 0. The van der Waals surface area contributed by atoms with Crippen molar-refractivity contribution >= 4 is 5.97 Å². The molecule has 0 bridgehead atoms. The van der Waals surface area contributed by atoms with Crippen molar-refractivity contribution in [1.82, 2.24) is 0 Å². The Labute approximate surface area is 279 Å². The van der Waals surface area contributed by atoms with Gasteiger partial charge < -0.3 is 61.6 Å². The Morgan fingerprint density at radius 3 is 0.915 bits per heavy atom. The molecule has 47 heavy (non-hydrogen) atoms. The van der Waals surface area contributed by atoms with E-state index in [1.165, 1.54) is 0 Å². The Morgan fingerprint density at radius 2 is 0.681 bits per heavy atom. The van der Waals surface area contributed by atoms with Gasteiger partial charge in [-0.3, -0.25) is 0 Å². The molecule has 0 heterocycles. The lowest BCUT2D eigenvalue weighted by Crippen LogP contribution is -2.27. The fourth-order valence-corrected chi connectivity index (χ4v) is 3.10. The Hall–Kier alpha value is -1.70. The summed E-state index contributed by atoms with van der Waals surface area (Å²) in [5.74, 6) is -0.390. The normalized spacial score (nSPS) is 11.6. The minimum atomic E-state index is -0.514. The highest BCUT2D eigenvalue weighted by molar-refractivity contribution is 5.71. The third kappa shape index (κ3) is 42.3. The zero-order valence-electron chi connectivity index (χ0n) is 28.7. The maximum Gasteiger partial charge on any atom is 0.332 e. The maximum atomic E-state index is 11.5. The maximum absolute atomic E-state index is 11.5. The topological polar surface area (TPSA) is 186 Å². The highest BCUT2D eigenvalue weighted by Gasteiger charge is 2.15. The summed E-state index contributed by atoms with van der Waals surface area (Å²) in [5.41, 5.74) is 7.62. The van der Waals surface area contributed by atoms with Crippen LogP contribution in [-0.4, -0.2) is 177 Å². The highest BCUT2D eigenvalue weighted by atomic mass is 16.6. The lowest BCUT2D eigenvalue weighted by atomic mass is 10.2. The molecular weight excluding hydrogens is 626 g/mol. The van der Waals surface area contributed by atoms with Gasteiger partial charge in [-0.15, -0.1) is 0 Å². The molecule has 0 fully saturated rings. The summed E-state index contributed by atoms with van der Waals surface area (Å²) in [6.07, 6.45) is 0. The van der Waals surface area contributed by atoms with Crippen molar-refractivity contribution in [3.05, 3.63) is 10.4 Å². The van der Waals surface area contributed by atoms with Gasteiger partial charge >= 0.3 is 5.97 Å². The van der Waals surface area contributed by atoms with E-state index in [1.54, 1.807) is 0 Å². The average Bonchev–Trinajstić information content (AvgIpc) is 3.03. The van der Waals surface area contributed by atoms with Gasteiger partial charge in [-0.1, -0.05) is 5.11 Å². The van der Waals surface area contributed by atoms with Gasteiger partial charge in [0.15, 0.2) is 0 Å². The van der Waals surface area contributed by atoms with Crippen molar-refractivity contribution in [3.8, 4) is 0 Å². The monoisotopic (exact) mass is 685 g/mol. The van der Waals surface area contributed by atoms with Crippen molar-refractivity contribution in [2.75, 3.05) is 165 Å². The fraction of sp³-hybridized carbons (Fsp3) is 0.967. The third-order valence-corrected chi connectivity index (χ3v) is 5.13. The third-order valence-electron chi connectivity index (χ3n) is 5.13. The van der Waals surface area contributed by atoms with E-state index in [0.29, 0.717) is 159 Å². The van der Waals surface area contributed by atoms with Crippen molar-refractivity contribution < 1.29 is 66.4 Å². The summed E-state index contributed by atoms with van der Waals surface area (Å²) in [6, 6.07) is 0. The minimum Gasteiger partial charge on any atom is -0.458 e. The molecule has 0 aromatic rings. The molecule has 17 nitrogen and oxygen atoms in total. The quantitative estimate of drug-likeness (QED) is 0.0301. The average molecular weight is 686 g/mol. The molecule has 0 aliphatic rings. The fourth-order valence-electron chi connectivity index (χ4n) is 3.10.